The summed E-state index contributed by atoms with van der Waals surface area (Å²) < 4.78 is 2.01. The van der Waals surface area contributed by atoms with Gasteiger partial charge in [0.1, 0.15) is 5.69 Å². The number of amides is 1. The second kappa shape index (κ2) is 7.29. The number of rotatable bonds is 6. The van der Waals surface area contributed by atoms with E-state index in [1.165, 1.54) is 0 Å². The molecule has 21 heavy (non-hydrogen) atoms. The molecule has 0 atom stereocenters. The van der Waals surface area contributed by atoms with Crippen LogP contribution in [0.3, 0.4) is 0 Å². The number of carbonyl (C=O) groups excluding carboxylic acids is 1. The molecular weight excluding hydrogens is 268 g/mol. The molecule has 1 saturated heterocycles. The fourth-order valence-corrected chi connectivity index (χ4v) is 2.96. The van der Waals surface area contributed by atoms with Crippen LogP contribution in [0.5, 0.6) is 0 Å². The maximum absolute atomic E-state index is 12.5. The largest absolute Gasteiger partial charge is 0.481 e. The predicted molar refractivity (Wildman–Crippen MR) is 80.2 cm³/mol. The molecule has 0 unspecified atom stereocenters. The van der Waals surface area contributed by atoms with E-state index in [2.05, 4.69) is 6.92 Å². The Morgan fingerprint density at radius 1 is 1.33 bits per heavy atom. The lowest BCUT2D eigenvalue weighted by Crippen LogP contribution is -2.39. The zero-order valence-corrected chi connectivity index (χ0v) is 12.6. The highest BCUT2D eigenvalue weighted by atomic mass is 16.4. The second-order valence-electron chi connectivity index (χ2n) is 5.75. The molecule has 1 amide bonds. The Morgan fingerprint density at radius 2 is 2.05 bits per heavy atom. The average Bonchev–Trinajstić information content (AvgIpc) is 2.93. The van der Waals surface area contributed by atoms with E-state index in [9.17, 15) is 9.59 Å². The summed E-state index contributed by atoms with van der Waals surface area (Å²) in [5.41, 5.74) is 0.765. The molecule has 0 spiro atoms. The van der Waals surface area contributed by atoms with Gasteiger partial charge in [0.15, 0.2) is 0 Å². The van der Waals surface area contributed by atoms with E-state index in [4.69, 9.17) is 5.11 Å². The Bertz CT molecular complexity index is 487. The Kier molecular flexibility index (Phi) is 5.42. The molecule has 0 radical (unpaired) electrons. The molecule has 5 nitrogen and oxygen atoms in total. The van der Waals surface area contributed by atoms with Gasteiger partial charge in [0.05, 0.1) is 0 Å². The number of nitrogens with zero attached hydrogens (tertiary/aromatic N) is 2. The zero-order valence-electron chi connectivity index (χ0n) is 12.6. The van der Waals surface area contributed by atoms with Gasteiger partial charge in [0.2, 0.25) is 0 Å². The number of carboxylic acids is 1. The minimum atomic E-state index is -0.731. The van der Waals surface area contributed by atoms with E-state index < -0.39 is 5.97 Å². The Balaban J connectivity index is 1.88. The van der Waals surface area contributed by atoms with Crippen molar-refractivity contribution in [2.75, 3.05) is 13.1 Å². The van der Waals surface area contributed by atoms with Gasteiger partial charge in [-0.05, 0) is 43.7 Å². The fraction of sp³-hybridized carbons (Fsp3) is 0.625. The molecular formula is C16H24N2O3. The summed E-state index contributed by atoms with van der Waals surface area (Å²) in [6.45, 7) is 4.44. The van der Waals surface area contributed by atoms with Crippen molar-refractivity contribution in [2.45, 2.75) is 45.6 Å². The second-order valence-corrected chi connectivity index (χ2v) is 5.75. The van der Waals surface area contributed by atoms with Crippen LogP contribution in [-0.2, 0) is 11.3 Å². The average molecular weight is 292 g/mol. The molecule has 1 aliphatic heterocycles. The quantitative estimate of drug-likeness (QED) is 0.876. The smallest absolute Gasteiger partial charge is 0.303 e. The molecule has 0 aliphatic carbocycles. The van der Waals surface area contributed by atoms with Crippen LogP contribution in [0.1, 0.15) is 49.5 Å². The van der Waals surface area contributed by atoms with Crippen LogP contribution in [0.2, 0.25) is 0 Å². The summed E-state index contributed by atoms with van der Waals surface area (Å²) in [5, 5.41) is 8.72. The summed E-state index contributed by atoms with van der Waals surface area (Å²) in [6.07, 6.45) is 5.74. The van der Waals surface area contributed by atoms with E-state index in [-0.39, 0.29) is 12.3 Å². The molecule has 5 heteroatoms. The maximum Gasteiger partial charge on any atom is 0.303 e. The van der Waals surface area contributed by atoms with E-state index in [0.717, 1.165) is 51.0 Å². The van der Waals surface area contributed by atoms with Crippen molar-refractivity contribution in [3.05, 3.63) is 24.0 Å². The van der Waals surface area contributed by atoms with E-state index in [0.29, 0.717) is 5.92 Å². The number of piperidine rings is 1. The van der Waals surface area contributed by atoms with Crippen molar-refractivity contribution in [3.8, 4) is 0 Å². The van der Waals surface area contributed by atoms with Gasteiger partial charge in [-0.2, -0.15) is 0 Å². The third-order valence-corrected chi connectivity index (χ3v) is 4.18. The lowest BCUT2D eigenvalue weighted by Gasteiger charge is -2.32. The van der Waals surface area contributed by atoms with Crippen molar-refractivity contribution >= 4 is 11.9 Å². The Morgan fingerprint density at radius 3 is 2.67 bits per heavy atom. The first-order chi connectivity index (χ1) is 10.1. The number of aryl methyl sites for hydroxylation is 1. The monoisotopic (exact) mass is 292 g/mol. The van der Waals surface area contributed by atoms with E-state index in [1.54, 1.807) is 0 Å². The van der Waals surface area contributed by atoms with Gasteiger partial charge in [-0.25, -0.2) is 0 Å². The molecule has 1 aliphatic rings. The van der Waals surface area contributed by atoms with Crippen LogP contribution in [0.25, 0.3) is 0 Å². The molecule has 0 saturated carbocycles. The molecule has 0 aromatic carbocycles. The van der Waals surface area contributed by atoms with Gasteiger partial charge < -0.3 is 14.6 Å². The van der Waals surface area contributed by atoms with Crippen molar-refractivity contribution in [3.63, 3.8) is 0 Å². The topological polar surface area (TPSA) is 62.5 Å². The highest BCUT2D eigenvalue weighted by Crippen LogP contribution is 2.23. The summed E-state index contributed by atoms with van der Waals surface area (Å²) in [7, 11) is 0. The zero-order chi connectivity index (χ0) is 15.2. The molecule has 2 rings (SSSR count). The molecule has 2 heterocycles. The number of likely N-dealkylation sites (tertiary alicyclic amines) is 1. The van der Waals surface area contributed by atoms with Gasteiger partial charge in [-0.15, -0.1) is 0 Å². The Labute approximate surface area is 125 Å². The van der Waals surface area contributed by atoms with Gasteiger partial charge >= 0.3 is 5.97 Å². The molecule has 1 aromatic rings. The SMILES string of the molecule is CCCn1cccc1C(=O)N1CCC(CCC(=O)O)CC1. The number of carboxylic acid groups (broad SMARTS) is 1. The summed E-state index contributed by atoms with van der Waals surface area (Å²) in [6, 6.07) is 3.80. The summed E-state index contributed by atoms with van der Waals surface area (Å²) in [5.74, 6) is -0.191. The lowest BCUT2D eigenvalue weighted by molar-refractivity contribution is -0.137. The van der Waals surface area contributed by atoms with Crippen molar-refractivity contribution < 1.29 is 14.7 Å². The number of carbonyl (C=O) groups is 2. The first kappa shape index (κ1) is 15.6. The molecule has 1 aromatic heterocycles. The fourth-order valence-electron chi connectivity index (χ4n) is 2.96. The number of hydrogen-bond acceptors (Lipinski definition) is 2. The number of aliphatic carboxylic acids is 1. The van der Waals surface area contributed by atoms with Crippen LogP contribution in [0.4, 0.5) is 0 Å². The van der Waals surface area contributed by atoms with Crippen LogP contribution in [0.15, 0.2) is 18.3 Å². The molecule has 0 bridgehead atoms. The van der Waals surface area contributed by atoms with Crippen LogP contribution in [0, 0.1) is 5.92 Å². The standard InChI is InChI=1S/C16H24N2O3/c1-2-9-17-10-3-4-14(17)16(21)18-11-7-13(8-12-18)5-6-15(19)20/h3-4,10,13H,2,5-9,11-12H2,1H3,(H,19,20). The summed E-state index contributed by atoms with van der Waals surface area (Å²) in [4.78, 5) is 25.0. The number of aromatic nitrogens is 1. The lowest BCUT2D eigenvalue weighted by atomic mass is 9.92. The molecule has 116 valence electrons. The third-order valence-electron chi connectivity index (χ3n) is 4.18. The minimum absolute atomic E-state index is 0.102. The van der Waals surface area contributed by atoms with Crippen LogP contribution < -0.4 is 0 Å². The van der Waals surface area contributed by atoms with Gasteiger partial charge in [-0.1, -0.05) is 6.92 Å². The predicted octanol–water partition coefficient (Wildman–Crippen LogP) is 2.62. The minimum Gasteiger partial charge on any atom is -0.481 e. The third kappa shape index (κ3) is 4.09. The first-order valence-electron chi connectivity index (χ1n) is 7.78. The molecule has 1 fully saturated rings. The van der Waals surface area contributed by atoms with Crippen LogP contribution >= 0.6 is 0 Å². The van der Waals surface area contributed by atoms with Gasteiger partial charge in [0, 0.05) is 32.3 Å². The molecule has 1 N–H and O–H groups in total. The van der Waals surface area contributed by atoms with Gasteiger partial charge in [-0.3, -0.25) is 9.59 Å². The van der Waals surface area contributed by atoms with E-state index >= 15 is 0 Å². The van der Waals surface area contributed by atoms with Crippen molar-refractivity contribution in [2.24, 2.45) is 5.92 Å². The summed E-state index contributed by atoms with van der Waals surface area (Å²) >= 11 is 0. The van der Waals surface area contributed by atoms with Gasteiger partial charge in [0.25, 0.3) is 5.91 Å². The van der Waals surface area contributed by atoms with E-state index in [1.807, 2.05) is 27.8 Å². The van der Waals surface area contributed by atoms with Crippen molar-refractivity contribution in [1.29, 1.82) is 0 Å². The van der Waals surface area contributed by atoms with Crippen molar-refractivity contribution in [1.82, 2.24) is 9.47 Å². The highest BCUT2D eigenvalue weighted by molar-refractivity contribution is 5.92. The number of hydrogen-bond donors (Lipinski definition) is 1. The Hall–Kier alpha value is -1.78. The highest BCUT2D eigenvalue weighted by Gasteiger charge is 2.25. The van der Waals surface area contributed by atoms with Crippen LogP contribution in [-0.4, -0.2) is 39.5 Å². The first-order valence-corrected chi connectivity index (χ1v) is 7.78. The maximum atomic E-state index is 12.5. The normalized spacial score (nSPS) is 16.1.